The Balaban J connectivity index is 1.46. The van der Waals surface area contributed by atoms with Crippen molar-refractivity contribution in [2.75, 3.05) is 6.54 Å². The van der Waals surface area contributed by atoms with Crippen molar-refractivity contribution in [1.82, 2.24) is 14.5 Å². The Labute approximate surface area is 172 Å². The number of allylic oxidation sites excluding steroid dienone is 1. The molecule has 1 saturated carbocycles. The summed E-state index contributed by atoms with van der Waals surface area (Å²) in [7, 11) is 0. The van der Waals surface area contributed by atoms with Crippen molar-refractivity contribution < 1.29 is 4.79 Å². The highest BCUT2D eigenvalue weighted by atomic mass is 16.2. The van der Waals surface area contributed by atoms with Crippen molar-refractivity contribution in [2.45, 2.75) is 58.0 Å². The van der Waals surface area contributed by atoms with Gasteiger partial charge in [0.1, 0.15) is 0 Å². The van der Waals surface area contributed by atoms with Gasteiger partial charge in [0.25, 0.3) is 0 Å². The van der Waals surface area contributed by atoms with Gasteiger partial charge in [0.15, 0.2) is 0 Å². The van der Waals surface area contributed by atoms with Gasteiger partial charge in [0, 0.05) is 43.0 Å². The standard InChI is InChI=1S/C23H31N5O/c1-16-9-17(14-28(16)23(29)18-5-3-2-4-6-18)13-27-15-26-21-10-19(7-8-22(21)27)20(11-24)12-25/h7-8,10-12,15-18,24H,2-6,9,13-14,25H2,1H3/b20-12+,24-11?. The summed E-state index contributed by atoms with van der Waals surface area (Å²) in [5.74, 6) is 1.08. The van der Waals surface area contributed by atoms with Crippen molar-refractivity contribution in [1.29, 1.82) is 5.41 Å². The van der Waals surface area contributed by atoms with E-state index in [1.54, 1.807) is 0 Å². The van der Waals surface area contributed by atoms with Crippen LogP contribution in [0.3, 0.4) is 0 Å². The van der Waals surface area contributed by atoms with Crippen molar-refractivity contribution in [2.24, 2.45) is 17.6 Å². The Morgan fingerprint density at radius 2 is 2.10 bits per heavy atom. The molecule has 6 heteroatoms. The van der Waals surface area contributed by atoms with Gasteiger partial charge in [-0.15, -0.1) is 0 Å². The van der Waals surface area contributed by atoms with E-state index < -0.39 is 0 Å². The molecule has 1 amide bonds. The highest BCUT2D eigenvalue weighted by Crippen LogP contribution is 2.31. The second-order valence-electron chi connectivity index (χ2n) is 8.64. The van der Waals surface area contributed by atoms with E-state index in [9.17, 15) is 4.79 Å². The molecule has 3 N–H and O–H groups in total. The first-order valence-electron chi connectivity index (χ1n) is 10.8. The zero-order valence-electron chi connectivity index (χ0n) is 17.2. The predicted molar refractivity (Wildman–Crippen MR) is 117 cm³/mol. The summed E-state index contributed by atoms with van der Waals surface area (Å²) in [5.41, 5.74) is 9.18. The fourth-order valence-electron chi connectivity index (χ4n) is 5.06. The number of carbonyl (C=O) groups is 1. The smallest absolute Gasteiger partial charge is 0.225 e. The van der Waals surface area contributed by atoms with Crippen molar-refractivity contribution in [3.8, 4) is 0 Å². The average molecular weight is 394 g/mol. The monoisotopic (exact) mass is 393 g/mol. The van der Waals surface area contributed by atoms with Crippen LogP contribution in [-0.4, -0.2) is 39.2 Å². The molecule has 2 aromatic rings. The Morgan fingerprint density at radius 3 is 2.83 bits per heavy atom. The van der Waals surface area contributed by atoms with Gasteiger partial charge in [-0.3, -0.25) is 4.79 Å². The number of amides is 1. The van der Waals surface area contributed by atoms with E-state index >= 15 is 0 Å². The van der Waals surface area contributed by atoms with Gasteiger partial charge < -0.3 is 20.6 Å². The Morgan fingerprint density at radius 1 is 1.31 bits per heavy atom. The summed E-state index contributed by atoms with van der Waals surface area (Å²) in [6.45, 7) is 3.91. The Hall–Kier alpha value is -2.63. The van der Waals surface area contributed by atoms with Gasteiger partial charge in [0.05, 0.1) is 17.4 Å². The molecular formula is C23H31N5O. The van der Waals surface area contributed by atoms with Crippen LogP contribution in [0.1, 0.15) is 51.0 Å². The minimum absolute atomic E-state index is 0.246. The van der Waals surface area contributed by atoms with Crippen LogP contribution in [0.15, 0.2) is 30.7 Å². The molecule has 0 bridgehead atoms. The van der Waals surface area contributed by atoms with Crippen LogP contribution in [0.5, 0.6) is 0 Å². The van der Waals surface area contributed by atoms with Crippen molar-refractivity contribution in [3.63, 3.8) is 0 Å². The Kier molecular flexibility index (Phi) is 5.69. The summed E-state index contributed by atoms with van der Waals surface area (Å²) in [5, 5.41) is 7.48. The molecule has 2 unspecified atom stereocenters. The molecule has 0 radical (unpaired) electrons. The Bertz CT molecular complexity index is 924. The van der Waals surface area contributed by atoms with Gasteiger partial charge >= 0.3 is 0 Å². The molecule has 6 nitrogen and oxygen atoms in total. The lowest BCUT2D eigenvalue weighted by Gasteiger charge is -2.29. The molecule has 1 aliphatic carbocycles. The van der Waals surface area contributed by atoms with E-state index in [4.69, 9.17) is 11.1 Å². The molecule has 0 spiro atoms. The number of benzene rings is 1. The molecule has 1 aromatic heterocycles. The van der Waals surface area contributed by atoms with E-state index in [2.05, 4.69) is 21.4 Å². The molecule has 29 heavy (non-hydrogen) atoms. The fourth-order valence-corrected chi connectivity index (χ4v) is 5.06. The molecule has 2 heterocycles. The second-order valence-corrected chi connectivity index (χ2v) is 8.64. The zero-order chi connectivity index (χ0) is 20.4. The molecule has 2 aliphatic rings. The lowest BCUT2D eigenvalue weighted by Crippen LogP contribution is -2.39. The SMILES string of the molecule is CC1CC(Cn2cnc3cc(/C(C=N)=C/N)ccc32)CN1C(=O)C1CCCCC1. The third-order valence-corrected chi connectivity index (χ3v) is 6.64. The quantitative estimate of drug-likeness (QED) is 0.757. The third-order valence-electron chi connectivity index (χ3n) is 6.64. The number of hydrogen-bond acceptors (Lipinski definition) is 4. The second kappa shape index (κ2) is 8.39. The topological polar surface area (TPSA) is 88.0 Å². The molecule has 2 atom stereocenters. The fraction of sp³-hybridized carbons (Fsp3) is 0.522. The number of imidazole rings is 1. The number of nitrogens with zero attached hydrogens (tertiary/aromatic N) is 3. The number of hydrogen-bond donors (Lipinski definition) is 2. The molecule has 1 aliphatic heterocycles. The van der Waals surface area contributed by atoms with Crippen LogP contribution < -0.4 is 5.73 Å². The lowest BCUT2D eigenvalue weighted by atomic mass is 9.88. The van der Waals surface area contributed by atoms with Crippen LogP contribution in [0.4, 0.5) is 0 Å². The van der Waals surface area contributed by atoms with Crippen LogP contribution in [0.25, 0.3) is 16.6 Å². The van der Waals surface area contributed by atoms with E-state index in [1.165, 1.54) is 31.7 Å². The number of nitrogens with two attached hydrogens (primary N) is 1. The van der Waals surface area contributed by atoms with Crippen LogP contribution in [0.2, 0.25) is 0 Å². The third kappa shape index (κ3) is 3.93. The summed E-state index contributed by atoms with van der Waals surface area (Å²) < 4.78 is 2.20. The van der Waals surface area contributed by atoms with Gasteiger partial charge in [-0.05, 0) is 49.8 Å². The largest absolute Gasteiger partial charge is 0.404 e. The van der Waals surface area contributed by atoms with E-state index in [1.807, 2.05) is 24.5 Å². The van der Waals surface area contributed by atoms with Crippen LogP contribution >= 0.6 is 0 Å². The van der Waals surface area contributed by atoms with Gasteiger partial charge in [0.2, 0.25) is 5.91 Å². The first-order valence-corrected chi connectivity index (χ1v) is 10.8. The van der Waals surface area contributed by atoms with Gasteiger partial charge in [-0.25, -0.2) is 4.98 Å². The minimum Gasteiger partial charge on any atom is -0.404 e. The summed E-state index contributed by atoms with van der Waals surface area (Å²) >= 11 is 0. The number of likely N-dealkylation sites (tertiary alicyclic amines) is 1. The highest BCUT2D eigenvalue weighted by Gasteiger charge is 2.36. The number of fused-ring (bicyclic) bond motifs is 1. The van der Waals surface area contributed by atoms with E-state index in [0.717, 1.165) is 48.9 Å². The first-order chi connectivity index (χ1) is 14.1. The predicted octanol–water partition coefficient (Wildman–Crippen LogP) is 3.80. The molecule has 1 saturated heterocycles. The van der Waals surface area contributed by atoms with Gasteiger partial charge in [-0.1, -0.05) is 25.3 Å². The van der Waals surface area contributed by atoms with Crippen LogP contribution in [-0.2, 0) is 11.3 Å². The zero-order valence-corrected chi connectivity index (χ0v) is 17.2. The molecular weight excluding hydrogens is 362 g/mol. The summed E-state index contributed by atoms with van der Waals surface area (Å²) in [6.07, 6.45) is 11.4. The first kappa shape index (κ1) is 19.7. The maximum Gasteiger partial charge on any atom is 0.225 e. The normalized spacial score (nSPS) is 23.6. The maximum absolute atomic E-state index is 13.0. The number of carbonyl (C=O) groups excluding carboxylic acids is 1. The molecule has 4 rings (SSSR count). The van der Waals surface area contributed by atoms with Gasteiger partial charge in [-0.2, -0.15) is 0 Å². The van der Waals surface area contributed by atoms with E-state index in [-0.39, 0.29) is 5.92 Å². The van der Waals surface area contributed by atoms with E-state index in [0.29, 0.717) is 23.4 Å². The highest BCUT2D eigenvalue weighted by molar-refractivity contribution is 6.08. The summed E-state index contributed by atoms with van der Waals surface area (Å²) in [4.78, 5) is 19.7. The molecule has 1 aromatic carbocycles. The van der Waals surface area contributed by atoms with Crippen LogP contribution in [0, 0.1) is 17.2 Å². The maximum atomic E-state index is 13.0. The minimum atomic E-state index is 0.246. The average Bonchev–Trinajstić information content (AvgIpc) is 3.32. The van der Waals surface area contributed by atoms with Crippen molar-refractivity contribution >= 4 is 28.7 Å². The molecule has 2 fully saturated rings. The summed E-state index contributed by atoms with van der Waals surface area (Å²) in [6, 6.07) is 6.33. The number of rotatable bonds is 5. The molecule has 154 valence electrons. The number of aromatic nitrogens is 2. The lowest BCUT2D eigenvalue weighted by molar-refractivity contribution is -0.137. The van der Waals surface area contributed by atoms with Crippen molar-refractivity contribution in [3.05, 3.63) is 36.3 Å². The number of nitrogens with one attached hydrogen (secondary N) is 1.